The second-order valence-corrected chi connectivity index (χ2v) is 7.39. The molecule has 2 rings (SSSR count). The van der Waals surface area contributed by atoms with Gasteiger partial charge in [-0.05, 0) is 61.4 Å². The first-order chi connectivity index (χ1) is 14.6. The molecule has 4 nitrogen and oxygen atoms in total. The molecule has 0 atom stereocenters. The first-order valence-electron chi connectivity index (χ1n) is 11.3. The number of Topliss-reactive ketones (excluding diaryl/α,β-unsaturated/α-hetero) is 1. The molecule has 2 aromatic carbocycles. The van der Waals surface area contributed by atoms with Crippen molar-refractivity contribution >= 4 is 5.78 Å². The van der Waals surface area contributed by atoms with Crippen LogP contribution in [0.1, 0.15) is 74.9 Å². The summed E-state index contributed by atoms with van der Waals surface area (Å²) in [6, 6.07) is 11.9. The summed E-state index contributed by atoms with van der Waals surface area (Å²) in [5.41, 5.74) is 2.89. The van der Waals surface area contributed by atoms with Gasteiger partial charge in [0, 0.05) is 6.42 Å². The fraction of sp³-hybridized carbons (Fsp3) is 0.500. The highest BCUT2D eigenvalue weighted by Crippen LogP contribution is 2.31. The minimum Gasteiger partial charge on any atom is -0.493 e. The van der Waals surface area contributed by atoms with Crippen molar-refractivity contribution in [2.45, 2.75) is 66.2 Å². The monoisotopic (exact) mass is 412 g/mol. The molecule has 164 valence electrons. The summed E-state index contributed by atoms with van der Waals surface area (Å²) >= 11 is 0. The van der Waals surface area contributed by atoms with Gasteiger partial charge >= 0.3 is 0 Å². The number of ether oxygens (including phenoxy) is 3. The first-order valence-corrected chi connectivity index (χ1v) is 11.3. The van der Waals surface area contributed by atoms with Gasteiger partial charge < -0.3 is 14.2 Å². The fourth-order valence-electron chi connectivity index (χ4n) is 3.22. The molecule has 0 fully saturated rings. The Bertz CT molecular complexity index is 771. The zero-order valence-electron chi connectivity index (χ0n) is 19.0. The molecular formula is C26H36O4. The molecule has 0 spiro atoms. The average Bonchev–Trinajstić information content (AvgIpc) is 2.78. The van der Waals surface area contributed by atoms with Crippen LogP contribution in [-0.4, -0.2) is 25.6 Å². The van der Waals surface area contributed by atoms with E-state index < -0.39 is 0 Å². The van der Waals surface area contributed by atoms with E-state index in [-0.39, 0.29) is 5.78 Å². The van der Waals surface area contributed by atoms with E-state index in [0.717, 1.165) is 37.0 Å². The van der Waals surface area contributed by atoms with E-state index in [9.17, 15) is 4.79 Å². The summed E-state index contributed by atoms with van der Waals surface area (Å²) in [6.45, 7) is 10.2. The van der Waals surface area contributed by atoms with Gasteiger partial charge in [0.2, 0.25) is 0 Å². The summed E-state index contributed by atoms with van der Waals surface area (Å²) in [7, 11) is 0. The molecule has 0 aliphatic carbocycles. The zero-order chi connectivity index (χ0) is 21.8. The number of rotatable bonds is 14. The lowest BCUT2D eigenvalue weighted by Crippen LogP contribution is -2.10. The Morgan fingerprint density at radius 2 is 1.33 bits per heavy atom. The molecule has 4 heteroatoms. The van der Waals surface area contributed by atoms with Crippen LogP contribution in [0.2, 0.25) is 0 Å². The topological polar surface area (TPSA) is 44.8 Å². The SMILES string of the molecule is CCCOc1ccc(CC)cc1CCC(=O)c1c(OCCC)cccc1OCCC. The number of carbonyl (C=O) groups is 1. The van der Waals surface area contributed by atoms with Gasteiger partial charge in [0.05, 0.1) is 19.8 Å². The molecular weight excluding hydrogens is 376 g/mol. The molecule has 0 amide bonds. The molecule has 0 saturated heterocycles. The van der Waals surface area contributed by atoms with Crippen molar-refractivity contribution in [2.24, 2.45) is 0 Å². The minimum absolute atomic E-state index is 0.0381. The lowest BCUT2D eigenvalue weighted by molar-refractivity contribution is 0.0974. The number of carbonyl (C=O) groups excluding carboxylic acids is 1. The highest BCUT2D eigenvalue weighted by atomic mass is 16.5. The molecule has 0 aliphatic rings. The normalized spacial score (nSPS) is 10.7. The van der Waals surface area contributed by atoms with E-state index in [4.69, 9.17) is 14.2 Å². The predicted octanol–water partition coefficient (Wildman–Crippen LogP) is 6.43. The summed E-state index contributed by atoms with van der Waals surface area (Å²) in [4.78, 5) is 13.3. The Balaban J connectivity index is 2.24. The lowest BCUT2D eigenvalue weighted by Gasteiger charge is -2.16. The molecule has 0 N–H and O–H groups in total. The van der Waals surface area contributed by atoms with Crippen LogP contribution in [0.3, 0.4) is 0 Å². The van der Waals surface area contributed by atoms with Gasteiger partial charge in [-0.1, -0.05) is 45.9 Å². The van der Waals surface area contributed by atoms with Crippen LogP contribution in [0.4, 0.5) is 0 Å². The van der Waals surface area contributed by atoms with Crippen molar-refractivity contribution in [3.8, 4) is 17.2 Å². The molecule has 0 bridgehead atoms. The van der Waals surface area contributed by atoms with Crippen LogP contribution in [0.15, 0.2) is 36.4 Å². The van der Waals surface area contributed by atoms with Gasteiger partial charge in [-0.3, -0.25) is 4.79 Å². The third-order valence-electron chi connectivity index (χ3n) is 4.81. The molecule has 0 saturated carbocycles. The molecule has 2 aromatic rings. The quantitative estimate of drug-likeness (QED) is 0.335. The summed E-state index contributed by atoms with van der Waals surface area (Å²) in [6.07, 6.45) is 4.68. The second-order valence-electron chi connectivity index (χ2n) is 7.39. The number of ketones is 1. The maximum absolute atomic E-state index is 13.3. The summed E-state index contributed by atoms with van der Waals surface area (Å²) in [5, 5.41) is 0. The number of hydrogen-bond acceptors (Lipinski definition) is 4. The number of benzene rings is 2. The Morgan fingerprint density at radius 1 is 0.767 bits per heavy atom. The maximum Gasteiger partial charge on any atom is 0.170 e. The van der Waals surface area contributed by atoms with Crippen molar-refractivity contribution in [1.82, 2.24) is 0 Å². The highest BCUT2D eigenvalue weighted by molar-refractivity contribution is 6.01. The smallest absolute Gasteiger partial charge is 0.170 e. The third kappa shape index (κ3) is 6.79. The van der Waals surface area contributed by atoms with Crippen LogP contribution in [0.5, 0.6) is 17.2 Å². The maximum atomic E-state index is 13.3. The van der Waals surface area contributed by atoms with Gasteiger partial charge in [0.1, 0.15) is 22.8 Å². The Labute approximate surface area is 181 Å². The van der Waals surface area contributed by atoms with E-state index in [1.807, 2.05) is 24.3 Å². The van der Waals surface area contributed by atoms with Crippen LogP contribution in [0.25, 0.3) is 0 Å². The van der Waals surface area contributed by atoms with Crippen LogP contribution < -0.4 is 14.2 Å². The van der Waals surface area contributed by atoms with E-state index in [2.05, 4.69) is 39.8 Å². The highest BCUT2D eigenvalue weighted by Gasteiger charge is 2.19. The molecule has 30 heavy (non-hydrogen) atoms. The van der Waals surface area contributed by atoms with Gasteiger partial charge in [-0.2, -0.15) is 0 Å². The first kappa shape index (κ1) is 23.8. The molecule has 0 aliphatic heterocycles. The van der Waals surface area contributed by atoms with Gasteiger partial charge in [-0.25, -0.2) is 0 Å². The van der Waals surface area contributed by atoms with E-state index in [1.165, 1.54) is 5.56 Å². The Hall–Kier alpha value is -2.49. The van der Waals surface area contributed by atoms with Gasteiger partial charge in [0.15, 0.2) is 5.78 Å². The van der Waals surface area contributed by atoms with Gasteiger partial charge in [0.25, 0.3) is 0 Å². The van der Waals surface area contributed by atoms with Crippen molar-refractivity contribution in [2.75, 3.05) is 19.8 Å². The molecule has 0 unspecified atom stereocenters. The van der Waals surface area contributed by atoms with E-state index >= 15 is 0 Å². The van der Waals surface area contributed by atoms with Crippen molar-refractivity contribution < 1.29 is 19.0 Å². The third-order valence-corrected chi connectivity index (χ3v) is 4.81. The van der Waals surface area contributed by atoms with Crippen molar-refractivity contribution in [3.63, 3.8) is 0 Å². The predicted molar refractivity (Wildman–Crippen MR) is 122 cm³/mol. The summed E-state index contributed by atoms with van der Waals surface area (Å²) in [5.74, 6) is 2.14. The van der Waals surface area contributed by atoms with E-state index in [0.29, 0.717) is 49.7 Å². The fourth-order valence-corrected chi connectivity index (χ4v) is 3.22. The largest absolute Gasteiger partial charge is 0.493 e. The number of hydrogen-bond donors (Lipinski definition) is 0. The standard InChI is InChI=1S/C26H36O4/c1-5-16-28-23-15-12-20(8-4)19-21(23)13-14-22(27)26-24(29-17-6-2)10-9-11-25(26)30-18-7-3/h9-12,15,19H,5-8,13-14,16-18H2,1-4H3. The van der Waals surface area contributed by atoms with Crippen LogP contribution in [0, 0.1) is 0 Å². The zero-order valence-corrected chi connectivity index (χ0v) is 19.0. The molecule has 0 heterocycles. The van der Waals surface area contributed by atoms with Crippen molar-refractivity contribution in [1.29, 1.82) is 0 Å². The van der Waals surface area contributed by atoms with Crippen LogP contribution in [-0.2, 0) is 12.8 Å². The van der Waals surface area contributed by atoms with E-state index in [1.54, 1.807) is 0 Å². The molecule has 0 aromatic heterocycles. The molecule has 0 radical (unpaired) electrons. The van der Waals surface area contributed by atoms with Crippen LogP contribution >= 0.6 is 0 Å². The second kappa shape index (κ2) is 12.9. The number of aryl methyl sites for hydroxylation is 2. The minimum atomic E-state index is 0.0381. The Kier molecular flexibility index (Phi) is 10.3. The van der Waals surface area contributed by atoms with Gasteiger partial charge in [-0.15, -0.1) is 0 Å². The average molecular weight is 413 g/mol. The lowest BCUT2D eigenvalue weighted by atomic mass is 9.98. The van der Waals surface area contributed by atoms with Crippen molar-refractivity contribution in [3.05, 3.63) is 53.1 Å². The Morgan fingerprint density at radius 3 is 1.87 bits per heavy atom. The summed E-state index contributed by atoms with van der Waals surface area (Å²) < 4.78 is 17.7.